The molecule has 2 heterocycles. The molecule has 0 unspecified atom stereocenters. The van der Waals surface area contributed by atoms with Crippen molar-refractivity contribution in [2.75, 3.05) is 19.7 Å². The molecule has 0 radical (unpaired) electrons. The largest absolute Gasteiger partial charge is 0.450 e. The molecule has 0 atom stereocenters. The first-order chi connectivity index (χ1) is 7.72. The summed E-state index contributed by atoms with van der Waals surface area (Å²) in [5.74, 6) is 0. The van der Waals surface area contributed by atoms with Gasteiger partial charge in [0, 0.05) is 24.4 Å². The number of amides is 1. The maximum absolute atomic E-state index is 11.6. The van der Waals surface area contributed by atoms with Crippen LogP contribution in [0.5, 0.6) is 0 Å². The first-order valence-corrected chi connectivity index (χ1v) is 6.26. The monoisotopic (exact) mass is 237 g/mol. The van der Waals surface area contributed by atoms with Gasteiger partial charge < -0.3 is 9.64 Å². The van der Waals surface area contributed by atoms with Crippen molar-refractivity contribution in [2.24, 2.45) is 0 Å². The number of fused-ring (bicyclic) bond motifs is 1. The van der Waals surface area contributed by atoms with Gasteiger partial charge in [-0.15, -0.1) is 11.3 Å². The quantitative estimate of drug-likeness (QED) is 0.751. The topological polar surface area (TPSA) is 29.5 Å². The van der Waals surface area contributed by atoms with E-state index in [0.29, 0.717) is 19.7 Å². The fourth-order valence-electron chi connectivity index (χ4n) is 1.85. The predicted molar refractivity (Wildman–Crippen MR) is 65.7 cm³/mol. The molecule has 2 rings (SSSR count). The fourth-order valence-corrected chi connectivity index (χ4v) is 2.77. The van der Waals surface area contributed by atoms with Crippen molar-refractivity contribution in [2.45, 2.75) is 13.3 Å². The van der Waals surface area contributed by atoms with E-state index in [9.17, 15) is 4.79 Å². The third-order valence-corrected chi connectivity index (χ3v) is 3.62. The van der Waals surface area contributed by atoms with Crippen molar-refractivity contribution in [1.29, 1.82) is 0 Å². The summed E-state index contributed by atoms with van der Waals surface area (Å²) in [6.07, 6.45) is 0.656. The van der Waals surface area contributed by atoms with E-state index in [0.717, 1.165) is 12.0 Å². The van der Waals surface area contributed by atoms with E-state index in [4.69, 9.17) is 4.74 Å². The SMILES string of the molecule is C=C1CN(C(=O)OCC)CCc2sccc21. The lowest BCUT2D eigenvalue weighted by Gasteiger charge is -2.19. The van der Waals surface area contributed by atoms with Gasteiger partial charge in [-0.2, -0.15) is 0 Å². The molecule has 1 aliphatic heterocycles. The van der Waals surface area contributed by atoms with Crippen molar-refractivity contribution in [3.63, 3.8) is 0 Å². The van der Waals surface area contributed by atoms with Gasteiger partial charge in [0.15, 0.2) is 0 Å². The van der Waals surface area contributed by atoms with Crippen LogP contribution in [0.4, 0.5) is 4.79 Å². The molecule has 0 aliphatic carbocycles. The van der Waals surface area contributed by atoms with Gasteiger partial charge in [-0.3, -0.25) is 0 Å². The number of nitrogens with zero attached hydrogens (tertiary/aromatic N) is 1. The summed E-state index contributed by atoms with van der Waals surface area (Å²) >= 11 is 1.73. The fraction of sp³-hybridized carbons (Fsp3) is 0.417. The van der Waals surface area contributed by atoms with Crippen molar-refractivity contribution in [3.8, 4) is 0 Å². The van der Waals surface area contributed by atoms with E-state index in [1.165, 1.54) is 10.4 Å². The molecular weight excluding hydrogens is 222 g/mol. The van der Waals surface area contributed by atoms with E-state index < -0.39 is 0 Å². The molecule has 1 aromatic rings. The Labute approximate surface area is 99.3 Å². The highest BCUT2D eigenvalue weighted by Crippen LogP contribution is 2.27. The van der Waals surface area contributed by atoms with Crippen LogP contribution in [0.25, 0.3) is 5.57 Å². The van der Waals surface area contributed by atoms with E-state index in [1.807, 2.05) is 6.92 Å². The van der Waals surface area contributed by atoms with Crippen molar-refractivity contribution >= 4 is 23.0 Å². The number of hydrogen-bond donors (Lipinski definition) is 0. The number of ether oxygens (including phenoxy) is 1. The van der Waals surface area contributed by atoms with Gasteiger partial charge in [0.2, 0.25) is 0 Å². The van der Waals surface area contributed by atoms with Crippen LogP contribution in [-0.2, 0) is 11.2 Å². The predicted octanol–water partition coefficient (Wildman–Crippen LogP) is 2.78. The Morgan fingerprint density at radius 3 is 3.25 bits per heavy atom. The molecule has 0 fully saturated rings. The molecule has 1 aromatic heterocycles. The minimum Gasteiger partial charge on any atom is -0.450 e. The van der Waals surface area contributed by atoms with Crippen LogP contribution in [0.2, 0.25) is 0 Å². The van der Waals surface area contributed by atoms with Gasteiger partial charge >= 0.3 is 6.09 Å². The lowest BCUT2D eigenvalue weighted by molar-refractivity contribution is 0.113. The Morgan fingerprint density at radius 1 is 1.69 bits per heavy atom. The summed E-state index contributed by atoms with van der Waals surface area (Å²) in [6, 6.07) is 2.08. The van der Waals surface area contributed by atoms with Crippen molar-refractivity contribution in [1.82, 2.24) is 4.90 Å². The van der Waals surface area contributed by atoms with E-state index in [1.54, 1.807) is 16.2 Å². The molecule has 3 nitrogen and oxygen atoms in total. The van der Waals surface area contributed by atoms with Crippen molar-refractivity contribution in [3.05, 3.63) is 28.5 Å². The maximum atomic E-state index is 11.6. The molecular formula is C12H15NO2S. The lowest BCUT2D eigenvalue weighted by Crippen LogP contribution is -2.33. The Hall–Kier alpha value is -1.29. The second-order valence-corrected chi connectivity index (χ2v) is 4.73. The van der Waals surface area contributed by atoms with Crippen LogP contribution in [-0.4, -0.2) is 30.7 Å². The average molecular weight is 237 g/mol. The standard InChI is InChI=1S/C12H15NO2S/c1-3-15-12(14)13-6-4-11-10(5-7-16-11)9(2)8-13/h5,7H,2-4,6,8H2,1H3. The highest BCUT2D eigenvalue weighted by Gasteiger charge is 2.21. The molecule has 0 spiro atoms. The molecule has 1 amide bonds. The Kier molecular flexibility index (Phi) is 3.29. The Balaban J connectivity index is 2.12. The summed E-state index contributed by atoms with van der Waals surface area (Å²) < 4.78 is 5.01. The van der Waals surface area contributed by atoms with Crippen molar-refractivity contribution < 1.29 is 9.53 Å². The van der Waals surface area contributed by atoms with Gasteiger partial charge in [-0.05, 0) is 29.5 Å². The second kappa shape index (κ2) is 4.70. The van der Waals surface area contributed by atoms with Gasteiger partial charge in [-0.1, -0.05) is 6.58 Å². The first kappa shape index (κ1) is 11.2. The van der Waals surface area contributed by atoms with Crippen LogP contribution in [0.15, 0.2) is 18.0 Å². The van der Waals surface area contributed by atoms with Gasteiger partial charge in [0.25, 0.3) is 0 Å². The molecule has 86 valence electrons. The summed E-state index contributed by atoms with van der Waals surface area (Å²) in [4.78, 5) is 14.7. The molecule has 0 bridgehead atoms. The van der Waals surface area contributed by atoms with Crippen LogP contribution in [0.3, 0.4) is 0 Å². The third-order valence-electron chi connectivity index (χ3n) is 2.64. The zero-order valence-electron chi connectivity index (χ0n) is 9.36. The number of rotatable bonds is 1. The summed E-state index contributed by atoms with van der Waals surface area (Å²) in [7, 11) is 0. The zero-order valence-corrected chi connectivity index (χ0v) is 10.2. The molecule has 0 N–H and O–H groups in total. The molecule has 16 heavy (non-hydrogen) atoms. The van der Waals surface area contributed by atoms with Crippen LogP contribution >= 0.6 is 11.3 Å². The number of thiophene rings is 1. The first-order valence-electron chi connectivity index (χ1n) is 5.38. The minimum atomic E-state index is -0.237. The summed E-state index contributed by atoms with van der Waals surface area (Å²) in [6.45, 7) is 7.56. The Bertz CT molecular complexity index is 411. The van der Waals surface area contributed by atoms with E-state index in [2.05, 4.69) is 18.0 Å². The molecule has 0 saturated heterocycles. The summed E-state index contributed by atoms with van der Waals surface area (Å²) in [5, 5.41) is 2.08. The average Bonchev–Trinajstić information content (AvgIpc) is 2.66. The van der Waals surface area contributed by atoms with E-state index in [-0.39, 0.29) is 6.09 Å². The minimum absolute atomic E-state index is 0.237. The maximum Gasteiger partial charge on any atom is 0.410 e. The number of hydrogen-bond acceptors (Lipinski definition) is 3. The molecule has 0 aromatic carbocycles. The number of carbonyl (C=O) groups excluding carboxylic acids is 1. The van der Waals surface area contributed by atoms with Gasteiger partial charge in [0.1, 0.15) is 0 Å². The molecule has 1 aliphatic rings. The van der Waals surface area contributed by atoms with Crippen LogP contribution in [0, 0.1) is 0 Å². The van der Waals surface area contributed by atoms with Crippen LogP contribution in [0.1, 0.15) is 17.4 Å². The highest BCUT2D eigenvalue weighted by atomic mass is 32.1. The van der Waals surface area contributed by atoms with Crippen LogP contribution < -0.4 is 0 Å². The van der Waals surface area contributed by atoms with E-state index >= 15 is 0 Å². The molecule has 0 saturated carbocycles. The zero-order chi connectivity index (χ0) is 11.5. The lowest BCUT2D eigenvalue weighted by atomic mass is 10.1. The van der Waals surface area contributed by atoms with Gasteiger partial charge in [-0.25, -0.2) is 4.79 Å². The van der Waals surface area contributed by atoms with Gasteiger partial charge in [0.05, 0.1) is 6.61 Å². The second-order valence-electron chi connectivity index (χ2n) is 3.73. The smallest absolute Gasteiger partial charge is 0.410 e. The normalized spacial score (nSPS) is 15.6. The third kappa shape index (κ3) is 2.11. The number of carbonyl (C=O) groups is 1. The summed E-state index contributed by atoms with van der Waals surface area (Å²) in [5.41, 5.74) is 2.21. The Morgan fingerprint density at radius 2 is 2.50 bits per heavy atom. The molecule has 4 heteroatoms. The highest BCUT2D eigenvalue weighted by molar-refractivity contribution is 7.10.